The van der Waals surface area contributed by atoms with Gasteiger partial charge in [0.05, 0.1) is 0 Å². The fraction of sp³-hybridized carbons (Fsp3) is 0.818. The van der Waals surface area contributed by atoms with Crippen molar-refractivity contribution in [3.63, 3.8) is 0 Å². The summed E-state index contributed by atoms with van der Waals surface area (Å²) in [6.45, 7) is 4.68. The Morgan fingerprint density at radius 1 is 0.479 bits per heavy atom. The van der Waals surface area contributed by atoms with Gasteiger partial charge in [-0.1, -0.05) is 126 Å². The first-order valence-corrected chi connectivity index (χ1v) is 31.5. The van der Waals surface area contributed by atoms with Crippen molar-refractivity contribution < 1.29 is 0 Å². The first-order valence-electron chi connectivity index (χ1n) is 20.4. The molecular formula is C44H82S4. The molecule has 0 nitrogen and oxygen atoms in total. The molecule has 4 rings (SSSR count). The molecule has 0 heterocycles. The van der Waals surface area contributed by atoms with Crippen LogP contribution >= 0.6 is 36.2 Å². The van der Waals surface area contributed by atoms with Crippen molar-refractivity contribution in [1.29, 1.82) is 0 Å². The van der Waals surface area contributed by atoms with E-state index in [-0.39, 0.29) is 0 Å². The van der Waals surface area contributed by atoms with E-state index in [0.717, 1.165) is 22.3 Å². The van der Waals surface area contributed by atoms with E-state index in [1.165, 1.54) is 103 Å². The van der Waals surface area contributed by atoms with Crippen molar-refractivity contribution in [3.05, 3.63) is 47.6 Å². The molecule has 4 aliphatic rings. The lowest BCUT2D eigenvalue weighted by atomic mass is 9.98. The summed E-state index contributed by atoms with van der Waals surface area (Å²) >= 11 is 0. The molecule has 0 radical (unpaired) electrons. The summed E-state index contributed by atoms with van der Waals surface area (Å²) in [5, 5.41) is 3.45. The third-order valence-corrected chi connectivity index (χ3v) is 41.9. The number of hydrogen-bond donors (Lipinski definition) is 0. The summed E-state index contributed by atoms with van der Waals surface area (Å²) < 4.78 is 0. The summed E-state index contributed by atoms with van der Waals surface area (Å²) in [6, 6.07) is 0. The van der Waals surface area contributed by atoms with Crippen molar-refractivity contribution >= 4 is 36.2 Å². The van der Waals surface area contributed by atoms with Gasteiger partial charge < -0.3 is 0 Å². The van der Waals surface area contributed by atoms with Gasteiger partial charge in [0.25, 0.3) is 0 Å². The van der Waals surface area contributed by atoms with E-state index >= 15 is 0 Å². The van der Waals surface area contributed by atoms with Gasteiger partial charge in [-0.2, -0.15) is 0 Å². The van der Waals surface area contributed by atoms with E-state index in [2.05, 4.69) is 100 Å². The van der Waals surface area contributed by atoms with E-state index in [1.807, 2.05) is 0 Å². The Kier molecular flexibility index (Phi) is 15.8. The number of unbranched alkanes of at least 4 members (excludes halogenated alkanes) is 7. The van der Waals surface area contributed by atoms with Crippen molar-refractivity contribution in [1.82, 2.24) is 0 Å². The zero-order valence-corrected chi connectivity index (χ0v) is 37.0. The van der Waals surface area contributed by atoms with Crippen LogP contribution in [-0.2, 0) is 0 Å². The summed E-state index contributed by atoms with van der Waals surface area (Å²) in [4.78, 5) is 0. The van der Waals surface area contributed by atoms with Crippen LogP contribution in [0.3, 0.4) is 0 Å². The molecule has 0 N–H and O–H groups in total. The fourth-order valence-corrected chi connectivity index (χ4v) is 26.1. The highest BCUT2D eigenvalue weighted by Crippen LogP contribution is 2.82. The van der Waals surface area contributed by atoms with Gasteiger partial charge in [-0.25, -0.2) is 36.2 Å². The van der Waals surface area contributed by atoms with Gasteiger partial charge in [0, 0.05) is 10.5 Å². The lowest BCUT2D eigenvalue weighted by molar-refractivity contribution is 0.462. The van der Waals surface area contributed by atoms with E-state index in [1.54, 1.807) is 36.8 Å². The standard InChI is InChI=1S/C44H82S4/c1-11-13-21-37-25-29-41(33-37)45(3,4)47(7,8)43-31-27-39(35-43)23-19-17-15-16-18-20-24-40-28-32-44(36-40)48(9,10)46(5,6)42-30-26-38(34-42)22-14-12-2/h25,27,29,31,33,35,38,40-44H,11-24,26,28,30,32,34,36H2,1-10H3. The molecule has 48 heavy (non-hydrogen) atoms. The van der Waals surface area contributed by atoms with E-state index in [4.69, 9.17) is 0 Å². The summed E-state index contributed by atoms with van der Waals surface area (Å²) in [5.74, 6) is 2.09. The Morgan fingerprint density at radius 2 is 0.896 bits per heavy atom. The third kappa shape index (κ3) is 10.1. The van der Waals surface area contributed by atoms with Gasteiger partial charge in [0.2, 0.25) is 0 Å². The van der Waals surface area contributed by atoms with Crippen molar-refractivity contribution in [3.8, 4) is 0 Å². The van der Waals surface area contributed by atoms with Gasteiger partial charge in [-0.15, -0.1) is 0 Å². The van der Waals surface area contributed by atoms with Crippen LogP contribution < -0.4 is 0 Å². The lowest BCUT2D eigenvalue weighted by Gasteiger charge is -2.58. The molecular weight excluding hydrogens is 657 g/mol. The van der Waals surface area contributed by atoms with Crippen LogP contribution in [0.5, 0.6) is 0 Å². The highest BCUT2D eigenvalue weighted by molar-refractivity contribution is 9.08. The van der Waals surface area contributed by atoms with Gasteiger partial charge in [0.1, 0.15) is 0 Å². The van der Waals surface area contributed by atoms with Crippen molar-refractivity contribution in [2.75, 3.05) is 50.0 Å². The molecule has 0 aromatic carbocycles. The minimum absolute atomic E-state index is 0.500. The van der Waals surface area contributed by atoms with Crippen LogP contribution in [0.4, 0.5) is 0 Å². The first-order chi connectivity index (χ1) is 22.7. The smallest absolute Gasteiger partial charge is 0.0324 e. The Hall–Kier alpha value is 0.360. The predicted octanol–water partition coefficient (Wildman–Crippen LogP) is 14.6. The maximum absolute atomic E-state index is 2.78. The molecule has 282 valence electrons. The molecule has 0 saturated heterocycles. The molecule has 0 aliphatic heterocycles. The number of allylic oxidation sites excluding steroid dienone is 4. The van der Waals surface area contributed by atoms with Crippen LogP contribution in [0.1, 0.15) is 142 Å². The molecule has 0 bridgehead atoms. The number of hydrogen-bond acceptors (Lipinski definition) is 0. The summed E-state index contributed by atoms with van der Waals surface area (Å²) in [6.07, 6.45) is 66.1. The monoisotopic (exact) mass is 739 g/mol. The molecule has 4 heteroatoms. The van der Waals surface area contributed by atoms with Gasteiger partial charge in [-0.05, 0) is 137 Å². The quantitative estimate of drug-likeness (QED) is 0.0812. The molecule has 6 atom stereocenters. The maximum atomic E-state index is 2.78. The molecule has 0 spiro atoms. The molecule has 0 amide bonds. The molecule has 2 fully saturated rings. The van der Waals surface area contributed by atoms with Gasteiger partial charge >= 0.3 is 0 Å². The largest absolute Gasteiger partial charge is 0.213 e. The molecule has 4 aliphatic carbocycles. The zero-order chi connectivity index (χ0) is 35.0. The lowest BCUT2D eigenvalue weighted by Crippen LogP contribution is -2.25. The summed E-state index contributed by atoms with van der Waals surface area (Å²) in [5.41, 5.74) is 3.23. The van der Waals surface area contributed by atoms with Crippen LogP contribution in [0.15, 0.2) is 47.6 Å². The van der Waals surface area contributed by atoms with E-state index < -0.39 is 36.2 Å². The normalized spacial score (nSPS) is 29.5. The Labute approximate surface area is 307 Å². The average molecular weight is 739 g/mol. The second-order valence-electron chi connectivity index (χ2n) is 17.9. The second kappa shape index (κ2) is 18.4. The van der Waals surface area contributed by atoms with Crippen molar-refractivity contribution in [2.45, 2.75) is 163 Å². The highest BCUT2D eigenvalue weighted by atomic mass is 33.2. The van der Waals surface area contributed by atoms with Crippen LogP contribution in [0.2, 0.25) is 0 Å². The third-order valence-electron chi connectivity index (χ3n) is 14.0. The molecule has 6 unspecified atom stereocenters. The van der Waals surface area contributed by atoms with Crippen LogP contribution in [0.25, 0.3) is 0 Å². The SMILES string of the molecule is CCCCC1=CC(S(C)(C)S(C)(C)C2C=CC(CCCCCCCCC3CCC(S(C)(C)S(C)(C)C4CCC(CCCC)C4)C3)=C2)C=C1. The van der Waals surface area contributed by atoms with Gasteiger partial charge in [-0.3, -0.25) is 0 Å². The highest BCUT2D eigenvalue weighted by Gasteiger charge is 2.45. The van der Waals surface area contributed by atoms with Crippen molar-refractivity contribution in [2.24, 2.45) is 11.8 Å². The van der Waals surface area contributed by atoms with Crippen LogP contribution in [-0.4, -0.2) is 71.0 Å². The summed E-state index contributed by atoms with van der Waals surface area (Å²) in [7, 11) is -2.51. The number of rotatable bonds is 21. The molecule has 0 aromatic heterocycles. The second-order valence-corrected chi connectivity index (χ2v) is 41.1. The average Bonchev–Trinajstić information content (AvgIpc) is 3.87. The van der Waals surface area contributed by atoms with E-state index in [9.17, 15) is 0 Å². The molecule has 0 aromatic rings. The fourth-order valence-electron chi connectivity index (χ4n) is 9.35. The minimum atomic E-state index is -0.753. The topological polar surface area (TPSA) is 0 Å². The Morgan fingerprint density at radius 3 is 1.38 bits per heavy atom. The Balaban J connectivity index is 1.10. The maximum Gasteiger partial charge on any atom is 0.0324 e. The zero-order valence-electron chi connectivity index (χ0n) is 33.7. The predicted molar refractivity (Wildman–Crippen MR) is 238 cm³/mol. The van der Waals surface area contributed by atoms with Crippen LogP contribution in [0, 0.1) is 11.8 Å². The minimum Gasteiger partial charge on any atom is -0.213 e. The van der Waals surface area contributed by atoms with E-state index in [0.29, 0.717) is 10.5 Å². The van der Waals surface area contributed by atoms with Gasteiger partial charge in [0.15, 0.2) is 0 Å². The first kappa shape index (κ1) is 41.1. The Bertz CT molecular complexity index is 1120. The molecule has 2 saturated carbocycles.